The van der Waals surface area contributed by atoms with Crippen LogP contribution in [0.1, 0.15) is 155 Å². The number of amides is 1. The number of carbonyl (C=O) groups is 5. The summed E-state index contributed by atoms with van der Waals surface area (Å²) < 4.78 is 59.7. The van der Waals surface area contributed by atoms with Gasteiger partial charge in [0.05, 0.1) is 33.0 Å². The number of Topliss-reactive ketones (excluding diaryl/α,β-unsaturated/α-hetero) is 2. The lowest BCUT2D eigenvalue weighted by atomic mass is 9.86. The number of rotatable bonds is 20. The highest BCUT2D eigenvalue weighted by Crippen LogP contribution is 2.39. The van der Waals surface area contributed by atoms with Crippen LogP contribution in [0, 0.1) is 33.1 Å². The molecule has 2 N–H and O–H groups in total. The predicted molar refractivity (Wildman–Crippen MR) is 330 cm³/mol. The zero-order chi connectivity index (χ0) is 64.2. The van der Waals surface area contributed by atoms with Crippen LogP contribution in [0.5, 0.6) is 23.0 Å². The lowest BCUT2D eigenvalue weighted by Crippen LogP contribution is -2.45. The molecule has 478 valence electrons. The Bertz CT molecular complexity index is 3860. The molecule has 89 heavy (non-hydrogen) atoms. The second kappa shape index (κ2) is 31.2. The fraction of sp³-hybridized carbons (Fsp3) is 0.403. The molecule has 0 aliphatic heterocycles. The first kappa shape index (κ1) is 72.4. The van der Waals surface area contributed by atoms with Gasteiger partial charge in [0.2, 0.25) is 10.9 Å². The molecule has 0 saturated heterocycles. The number of methoxy groups -OCH3 is 4. The van der Waals surface area contributed by atoms with Crippen LogP contribution in [-0.2, 0) is 50.9 Å². The van der Waals surface area contributed by atoms with E-state index in [-0.39, 0.29) is 120 Å². The van der Waals surface area contributed by atoms with E-state index >= 15 is 0 Å². The van der Waals surface area contributed by atoms with Gasteiger partial charge in [0.25, 0.3) is 5.91 Å². The quantitative estimate of drug-likeness (QED) is 0.0530. The highest BCUT2D eigenvalue weighted by Gasteiger charge is 2.34. The summed E-state index contributed by atoms with van der Waals surface area (Å²) in [7, 11) is 5.92. The van der Waals surface area contributed by atoms with Crippen LogP contribution in [0.2, 0.25) is 0 Å². The fourth-order valence-corrected chi connectivity index (χ4v) is 9.65. The maximum atomic E-state index is 14.3. The molecule has 0 spiro atoms. The van der Waals surface area contributed by atoms with Gasteiger partial charge in [0.15, 0.2) is 61.7 Å². The first-order valence-electron chi connectivity index (χ1n) is 27.3. The molecule has 8 rings (SSSR count). The monoisotopic (exact) mass is 1230 g/mol. The first-order chi connectivity index (χ1) is 41.1. The second-order valence-electron chi connectivity index (χ2n) is 22.6. The van der Waals surface area contributed by atoms with Crippen molar-refractivity contribution in [3.63, 3.8) is 0 Å². The molecule has 2 aliphatic carbocycles. The number of ketones is 2. The van der Waals surface area contributed by atoms with E-state index in [1.54, 1.807) is 84.0 Å². The van der Waals surface area contributed by atoms with Crippen molar-refractivity contribution in [3.05, 3.63) is 148 Å². The summed E-state index contributed by atoms with van der Waals surface area (Å²) in [5, 5.41) is 12.6. The summed E-state index contributed by atoms with van der Waals surface area (Å²) in [5.74, 6) is -1.94. The van der Waals surface area contributed by atoms with Gasteiger partial charge in [-0.15, -0.1) is 0 Å². The van der Waals surface area contributed by atoms with Crippen LogP contribution in [0.15, 0.2) is 79.5 Å². The molecule has 22 heteroatoms. The van der Waals surface area contributed by atoms with E-state index in [0.29, 0.717) is 81.7 Å². The van der Waals surface area contributed by atoms with Crippen molar-refractivity contribution in [1.29, 1.82) is 0 Å². The van der Waals surface area contributed by atoms with E-state index in [1.165, 1.54) is 47.0 Å². The second-order valence-corrected chi connectivity index (χ2v) is 22.6. The summed E-state index contributed by atoms with van der Waals surface area (Å²) in [6, 6.07) is 8.82. The molecule has 6 aromatic rings. The standard InChI is InChI=1S/C38H47NO10.C26H24O9.CO2.2CH4/c1-21-15-30-32(31(22(21)2)35(42)39-27(13-14-37(3,4)5)36(43)49-38(6,7)8)34(41)26(18-46-30)24-12-11-23-16-28(47-19-44-9)29(48-20-45-10)17-25(23)33(24)40;1-13-7-21-23(22(14(13)2)26(29)30)25(28)18(10-33-21)16-6-5-15-8-19(34-11-31-3)20(35-12-32-4)9-17(15)24(16)27;2-1-3;;/h12,15-18,27H,11,13-14,19-20H2,1-10H3,(H,39,42);6-10H,5,11-12H2,1-4H3,(H,29,30);;2*1H4/t27-;;;;/m0..../s1. The number of fused-ring (bicyclic) bond motifs is 4. The minimum Gasteiger partial charge on any atom is -0.478 e. The SMILES string of the molecule is C.C.COCOc1cc2c(cc1OCOC)C(=O)C(c1coc3cc(C)c(C)c(C(=O)N[C@@H](CCC(C)(C)C)C(=O)OC(C)(C)C)c3c1=O)=CC2.COCOc1cc2c(cc1OCOC)C(=O)C(c1coc3cc(C)c(C)c(C(=O)O)c3c1=O)=CC2.O=C=O. The number of carboxylic acid groups (broad SMARTS) is 1. The minimum absolute atomic E-state index is 0. The van der Waals surface area contributed by atoms with Crippen molar-refractivity contribution in [2.45, 2.75) is 121 Å². The molecule has 1 atom stereocenters. The third-order valence-corrected chi connectivity index (χ3v) is 14.1. The molecule has 2 heterocycles. The van der Waals surface area contributed by atoms with E-state index in [2.05, 4.69) is 5.32 Å². The molecule has 0 saturated carbocycles. The topological polar surface area (TPSA) is 295 Å². The van der Waals surface area contributed by atoms with Gasteiger partial charge in [0.1, 0.15) is 35.3 Å². The van der Waals surface area contributed by atoms with Gasteiger partial charge in [-0.1, -0.05) is 47.8 Å². The van der Waals surface area contributed by atoms with Crippen molar-refractivity contribution in [3.8, 4) is 23.0 Å². The molecule has 1 amide bonds. The Labute approximate surface area is 516 Å². The zero-order valence-corrected chi connectivity index (χ0v) is 51.1. The summed E-state index contributed by atoms with van der Waals surface area (Å²) in [6.45, 7) is 18.2. The predicted octanol–water partition coefficient (Wildman–Crippen LogP) is 11.0. The number of esters is 1. The van der Waals surface area contributed by atoms with Crippen molar-refractivity contribution in [1.82, 2.24) is 5.32 Å². The van der Waals surface area contributed by atoms with Crippen LogP contribution in [0.25, 0.3) is 33.1 Å². The average molecular weight is 1230 g/mol. The highest BCUT2D eigenvalue weighted by molar-refractivity contribution is 6.31. The fourth-order valence-electron chi connectivity index (χ4n) is 9.65. The van der Waals surface area contributed by atoms with Crippen molar-refractivity contribution in [2.75, 3.05) is 55.6 Å². The summed E-state index contributed by atoms with van der Waals surface area (Å²) >= 11 is 0. The zero-order valence-electron chi connectivity index (χ0n) is 51.1. The van der Waals surface area contributed by atoms with Gasteiger partial charge in [-0.2, -0.15) is 9.59 Å². The van der Waals surface area contributed by atoms with Crippen LogP contribution in [0.4, 0.5) is 0 Å². The Kier molecular flexibility index (Phi) is 25.4. The number of carboxylic acids is 1. The number of allylic oxidation sites excluding steroid dienone is 4. The Morgan fingerprint density at radius 2 is 0.955 bits per heavy atom. The van der Waals surface area contributed by atoms with E-state index in [1.807, 2.05) is 27.7 Å². The maximum Gasteiger partial charge on any atom is 0.373 e. The van der Waals surface area contributed by atoms with Gasteiger partial charge in [-0.3, -0.25) is 24.0 Å². The molecule has 4 aromatic carbocycles. The summed E-state index contributed by atoms with van der Waals surface area (Å²) in [4.78, 5) is 111. The molecular weight excluding hydrogens is 1150 g/mol. The number of aryl methyl sites for hydroxylation is 2. The summed E-state index contributed by atoms with van der Waals surface area (Å²) in [5.41, 5.74) is 2.97. The number of hydrogen-bond donors (Lipinski definition) is 2. The number of ether oxygens (including phenoxy) is 9. The number of aromatic carboxylic acids is 1. The molecule has 0 unspecified atom stereocenters. The van der Waals surface area contributed by atoms with Gasteiger partial charge < -0.3 is 61.9 Å². The smallest absolute Gasteiger partial charge is 0.373 e. The number of hydrogen-bond acceptors (Lipinski definition) is 20. The molecule has 0 bridgehead atoms. The van der Waals surface area contributed by atoms with Crippen LogP contribution in [0.3, 0.4) is 0 Å². The minimum atomic E-state index is -1.24. The highest BCUT2D eigenvalue weighted by atomic mass is 16.7. The van der Waals surface area contributed by atoms with Crippen LogP contribution < -0.4 is 35.1 Å². The van der Waals surface area contributed by atoms with Gasteiger partial charge in [-0.25, -0.2) is 9.59 Å². The number of nitrogens with one attached hydrogen (secondary N) is 1. The van der Waals surface area contributed by atoms with E-state index in [0.717, 1.165) is 0 Å². The van der Waals surface area contributed by atoms with Crippen LogP contribution in [-0.4, -0.2) is 108 Å². The van der Waals surface area contributed by atoms with Gasteiger partial charge in [0, 0.05) is 50.7 Å². The number of carbonyl (C=O) groups excluding carboxylic acids is 6. The van der Waals surface area contributed by atoms with E-state index in [4.69, 9.17) is 61.1 Å². The van der Waals surface area contributed by atoms with Crippen molar-refractivity contribution < 1.29 is 90.1 Å². The molecule has 0 radical (unpaired) electrons. The largest absolute Gasteiger partial charge is 0.478 e. The molecule has 2 aromatic heterocycles. The summed E-state index contributed by atoms with van der Waals surface area (Å²) in [6.07, 6.45) is 7.60. The molecule has 0 fully saturated rings. The molecular formula is C67H79NO21. The van der Waals surface area contributed by atoms with Crippen LogP contribution >= 0.6 is 0 Å². The van der Waals surface area contributed by atoms with Crippen molar-refractivity contribution in [2.24, 2.45) is 5.41 Å². The molecule has 22 nitrogen and oxygen atoms in total. The Hall–Kier alpha value is -9.05. The van der Waals surface area contributed by atoms with Gasteiger partial charge in [-0.05, 0) is 149 Å². The van der Waals surface area contributed by atoms with E-state index < -0.39 is 51.9 Å². The Morgan fingerprint density at radius 1 is 0.584 bits per heavy atom. The van der Waals surface area contributed by atoms with E-state index in [9.17, 15) is 38.7 Å². The Morgan fingerprint density at radius 3 is 1.31 bits per heavy atom. The normalized spacial score (nSPS) is 12.8. The van der Waals surface area contributed by atoms with Gasteiger partial charge >= 0.3 is 18.1 Å². The first-order valence-corrected chi connectivity index (χ1v) is 27.3. The number of benzene rings is 4. The third-order valence-electron chi connectivity index (χ3n) is 14.1. The lowest BCUT2D eigenvalue weighted by Gasteiger charge is -2.27. The average Bonchev–Trinajstić information content (AvgIpc) is 0.919. The lowest BCUT2D eigenvalue weighted by molar-refractivity contribution is -0.191. The molecule has 2 aliphatic rings. The van der Waals surface area contributed by atoms with Crippen molar-refractivity contribution >= 4 is 68.6 Å². The Balaban J connectivity index is 0.000000373. The third kappa shape index (κ3) is 17.0. The maximum absolute atomic E-state index is 14.3.